The molecule has 2 aliphatic rings. The van der Waals surface area contributed by atoms with Crippen LogP contribution in [0, 0.1) is 0 Å². The third kappa shape index (κ3) is 2.45. The van der Waals surface area contributed by atoms with Gasteiger partial charge in [0.05, 0.1) is 18.0 Å². The van der Waals surface area contributed by atoms with Gasteiger partial charge in [-0.3, -0.25) is 9.69 Å². The van der Waals surface area contributed by atoms with Gasteiger partial charge in [-0.1, -0.05) is 6.07 Å². The van der Waals surface area contributed by atoms with E-state index in [1.165, 1.54) is 11.3 Å². The number of carbonyl (C=O) groups is 1. The zero-order valence-electron chi connectivity index (χ0n) is 10.8. The third-order valence-electron chi connectivity index (χ3n) is 3.98. The van der Waals surface area contributed by atoms with Crippen LogP contribution in [0.2, 0.25) is 0 Å². The summed E-state index contributed by atoms with van der Waals surface area (Å²) in [5, 5.41) is 11.0. The van der Waals surface area contributed by atoms with Crippen molar-refractivity contribution in [3.05, 3.63) is 22.4 Å². The van der Waals surface area contributed by atoms with Crippen molar-refractivity contribution in [1.29, 1.82) is 0 Å². The average Bonchev–Trinajstić information content (AvgIpc) is 2.94. The van der Waals surface area contributed by atoms with Crippen LogP contribution in [-0.2, 0) is 0 Å². The fourth-order valence-corrected chi connectivity index (χ4v) is 3.60. The fraction of sp³-hybridized carbons (Fsp3) is 0.615. The van der Waals surface area contributed by atoms with E-state index in [4.69, 9.17) is 0 Å². The van der Waals surface area contributed by atoms with Gasteiger partial charge < -0.3 is 10.0 Å². The first-order valence-corrected chi connectivity index (χ1v) is 7.45. The molecule has 2 fully saturated rings. The number of alkyl halides is 2. The molecule has 1 N–H and O–H groups in total. The van der Waals surface area contributed by atoms with E-state index in [-0.39, 0.29) is 31.5 Å². The Bertz CT molecular complexity index is 489. The molecule has 2 saturated heterocycles. The number of halogens is 2. The molecular weight excluding hydrogens is 286 g/mol. The lowest BCUT2D eigenvalue weighted by Crippen LogP contribution is -2.62. The fourth-order valence-electron chi connectivity index (χ4n) is 2.91. The second-order valence-corrected chi connectivity index (χ2v) is 6.36. The van der Waals surface area contributed by atoms with Crippen LogP contribution >= 0.6 is 11.3 Å². The van der Waals surface area contributed by atoms with E-state index >= 15 is 0 Å². The molecule has 20 heavy (non-hydrogen) atoms. The van der Waals surface area contributed by atoms with Crippen molar-refractivity contribution >= 4 is 17.2 Å². The first-order valence-electron chi connectivity index (χ1n) is 6.57. The van der Waals surface area contributed by atoms with Gasteiger partial charge in [-0.05, 0) is 11.4 Å². The molecule has 1 atom stereocenters. The molecule has 3 rings (SSSR count). The number of hydrogen-bond donors (Lipinski definition) is 1. The lowest BCUT2D eigenvalue weighted by Gasteiger charge is -2.45. The van der Waals surface area contributed by atoms with Crippen LogP contribution in [0.4, 0.5) is 8.78 Å². The Morgan fingerprint density at radius 1 is 1.50 bits per heavy atom. The molecule has 0 radical (unpaired) electrons. The van der Waals surface area contributed by atoms with Crippen LogP contribution in [0.5, 0.6) is 0 Å². The van der Waals surface area contributed by atoms with Crippen molar-refractivity contribution in [3.63, 3.8) is 0 Å². The zero-order chi connectivity index (χ0) is 14.3. The number of amides is 1. The van der Waals surface area contributed by atoms with Gasteiger partial charge in [-0.25, -0.2) is 8.78 Å². The molecular formula is C13H16F2N2O2S. The van der Waals surface area contributed by atoms with Crippen molar-refractivity contribution < 1.29 is 18.7 Å². The highest BCUT2D eigenvalue weighted by Crippen LogP contribution is 2.35. The molecule has 1 aromatic rings. The van der Waals surface area contributed by atoms with Crippen LogP contribution in [-0.4, -0.2) is 65.1 Å². The van der Waals surface area contributed by atoms with Crippen LogP contribution in [0.15, 0.2) is 17.5 Å². The number of aliphatic hydroxyl groups excluding tert-OH is 1. The average molecular weight is 302 g/mol. The summed E-state index contributed by atoms with van der Waals surface area (Å²) in [5.74, 6) is -2.77. The predicted molar refractivity (Wildman–Crippen MR) is 71.2 cm³/mol. The van der Waals surface area contributed by atoms with Gasteiger partial charge in [0.1, 0.15) is 0 Å². The minimum absolute atomic E-state index is 0.0391. The number of rotatable bonds is 3. The molecule has 3 heterocycles. The molecule has 0 bridgehead atoms. The van der Waals surface area contributed by atoms with Gasteiger partial charge in [-0.2, -0.15) is 0 Å². The third-order valence-corrected chi connectivity index (χ3v) is 4.84. The number of thiophene rings is 1. The van der Waals surface area contributed by atoms with E-state index in [0.717, 1.165) is 0 Å². The summed E-state index contributed by atoms with van der Waals surface area (Å²) in [4.78, 5) is 16.0. The van der Waals surface area contributed by atoms with E-state index in [9.17, 15) is 18.7 Å². The van der Waals surface area contributed by atoms with Crippen molar-refractivity contribution in [3.8, 4) is 0 Å². The monoisotopic (exact) mass is 302 g/mol. The molecule has 7 heteroatoms. The van der Waals surface area contributed by atoms with E-state index in [2.05, 4.69) is 0 Å². The van der Waals surface area contributed by atoms with Crippen molar-refractivity contribution in [2.45, 2.75) is 24.4 Å². The van der Waals surface area contributed by atoms with Gasteiger partial charge in [0.25, 0.3) is 11.8 Å². The quantitative estimate of drug-likeness (QED) is 0.914. The van der Waals surface area contributed by atoms with Gasteiger partial charge >= 0.3 is 0 Å². The standard InChI is InChI=1S/C13H16F2N2O2S/c14-13(15)4-9(7-18)17(8-13)10-5-16(6-10)12(19)11-2-1-3-20-11/h1-3,9-10,18H,4-8H2/t9-/m0/s1. The van der Waals surface area contributed by atoms with Crippen molar-refractivity contribution in [1.82, 2.24) is 9.80 Å². The molecule has 0 saturated carbocycles. The Hall–Kier alpha value is -1.05. The Balaban J connectivity index is 1.59. The first kappa shape index (κ1) is 13.9. The molecule has 0 aromatic carbocycles. The lowest BCUT2D eigenvalue weighted by molar-refractivity contribution is -0.0124. The summed E-state index contributed by atoms with van der Waals surface area (Å²) >= 11 is 1.38. The molecule has 0 aliphatic carbocycles. The van der Waals surface area contributed by atoms with Crippen LogP contribution in [0.1, 0.15) is 16.1 Å². The smallest absolute Gasteiger partial charge is 0.264 e. The Kier molecular flexibility index (Phi) is 3.51. The molecule has 1 aromatic heterocycles. The summed E-state index contributed by atoms with van der Waals surface area (Å²) in [6.07, 6.45) is -0.293. The molecule has 1 amide bonds. The van der Waals surface area contributed by atoms with E-state index in [0.29, 0.717) is 18.0 Å². The predicted octanol–water partition coefficient (Wildman–Crippen LogP) is 1.27. The van der Waals surface area contributed by atoms with Gasteiger partial charge in [0.15, 0.2) is 0 Å². The number of aliphatic hydroxyl groups is 1. The number of nitrogens with zero attached hydrogens (tertiary/aromatic N) is 2. The summed E-state index contributed by atoms with van der Waals surface area (Å²) in [7, 11) is 0. The maximum absolute atomic E-state index is 13.4. The minimum atomic E-state index is -2.73. The maximum atomic E-state index is 13.4. The van der Waals surface area contributed by atoms with Gasteiger partial charge in [0.2, 0.25) is 0 Å². The zero-order valence-corrected chi connectivity index (χ0v) is 11.7. The minimum Gasteiger partial charge on any atom is -0.395 e. The topological polar surface area (TPSA) is 43.8 Å². The van der Waals surface area contributed by atoms with Crippen LogP contribution < -0.4 is 0 Å². The summed E-state index contributed by atoms with van der Waals surface area (Å²) in [6.45, 7) is 0.349. The Labute approximate surface area is 119 Å². The van der Waals surface area contributed by atoms with Gasteiger partial charge in [0, 0.05) is 31.6 Å². The first-order chi connectivity index (χ1) is 9.50. The van der Waals surface area contributed by atoms with E-state index in [1.807, 2.05) is 11.4 Å². The highest BCUT2D eigenvalue weighted by molar-refractivity contribution is 7.12. The summed E-state index contributed by atoms with van der Waals surface area (Å²) < 4.78 is 26.8. The van der Waals surface area contributed by atoms with Crippen molar-refractivity contribution in [2.75, 3.05) is 26.2 Å². The molecule has 4 nitrogen and oxygen atoms in total. The maximum Gasteiger partial charge on any atom is 0.264 e. The molecule has 0 unspecified atom stereocenters. The highest BCUT2D eigenvalue weighted by atomic mass is 32.1. The number of likely N-dealkylation sites (tertiary alicyclic amines) is 2. The SMILES string of the molecule is O=C(c1cccs1)N1CC(N2CC(F)(F)C[C@H]2CO)C1. The second kappa shape index (κ2) is 5.05. The Morgan fingerprint density at radius 3 is 2.85 bits per heavy atom. The van der Waals surface area contributed by atoms with Crippen molar-refractivity contribution in [2.24, 2.45) is 0 Å². The summed E-state index contributed by atoms with van der Waals surface area (Å²) in [5.41, 5.74) is 0. The molecule has 0 spiro atoms. The van der Waals surface area contributed by atoms with Crippen LogP contribution in [0.25, 0.3) is 0 Å². The number of carbonyl (C=O) groups excluding carboxylic acids is 1. The van der Waals surface area contributed by atoms with E-state index in [1.54, 1.807) is 15.9 Å². The summed E-state index contributed by atoms with van der Waals surface area (Å²) in [6, 6.07) is 3.03. The number of hydrogen-bond acceptors (Lipinski definition) is 4. The second-order valence-electron chi connectivity index (χ2n) is 5.41. The molecule has 110 valence electrons. The normalized spacial score (nSPS) is 26.8. The molecule has 2 aliphatic heterocycles. The lowest BCUT2D eigenvalue weighted by atomic mass is 10.1. The van der Waals surface area contributed by atoms with Crippen LogP contribution in [0.3, 0.4) is 0 Å². The van der Waals surface area contributed by atoms with Gasteiger partial charge in [-0.15, -0.1) is 11.3 Å². The highest BCUT2D eigenvalue weighted by Gasteiger charge is 2.49. The Morgan fingerprint density at radius 2 is 2.25 bits per heavy atom. The van der Waals surface area contributed by atoms with E-state index < -0.39 is 12.0 Å². The largest absolute Gasteiger partial charge is 0.395 e.